The highest BCUT2D eigenvalue weighted by molar-refractivity contribution is 8.18. The molecule has 6 nitrogen and oxygen atoms in total. The van der Waals surface area contributed by atoms with E-state index >= 15 is 0 Å². The Hall–Kier alpha value is -2.93. The second kappa shape index (κ2) is 6.29. The number of nitrogens with one attached hydrogen (secondary N) is 1. The van der Waals surface area contributed by atoms with Crippen LogP contribution in [0.4, 0.5) is 5.69 Å². The molecule has 0 radical (unpaired) electrons. The van der Waals surface area contributed by atoms with E-state index < -0.39 is 0 Å². The van der Waals surface area contributed by atoms with Gasteiger partial charge in [0, 0.05) is 6.07 Å². The zero-order chi connectivity index (χ0) is 16.4. The maximum Gasteiger partial charge on any atom is 0.264 e. The molecular weight excluding hydrogens is 328 g/mol. The molecule has 2 aliphatic heterocycles. The summed E-state index contributed by atoms with van der Waals surface area (Å²) in [5.74, 6) is 1.90. The highest BCUT2D eigenvalue weighted by Crippen LogP contribution is 2.36. The van der Waals surface area contributed by atoms with E-state index in [1.54, 1.807) is 42.7 Å². The van der Waals surface area contributed by atoms with Crippen LogP contribution in [0.2, 0.25) is 0 Å². The molecule has 0 spiro atoms. The van der Waals surface area contributed by atoms with Crippen LogP contribution < -0.4 is 14.8 Å². The van der Waals surface area contributed by atoms with Crippen LogP contribution in [0.25, 0.3) is 6.08 Å². The normalized spacial score (nSPS) is 19.6. The van der Waals surface area contributed by atoms with Crippen molar-refractivity contribution >= 4 is 34.6 Å². The summed E-state index contributed by atoms with van der Waals surface area (Å²) in [4.78, 5) is 17.0. The minimum Gasteiger partial charge on any atom is -0.465 e. The number of fused-ring (bicyclic) bond motifs is 1. The van der Waals surface area contributed by atoms with Gasteiger partial charge in [0.2, 0.25) is 6.79 Å². The van der Waals surface area contributed by atoms with Gasteiger partial charge >= 0.3 is 0 Å². The molecule has 0 bridgehead atoms. The van der Waals surface area contributed by atoms with Gasteiger partial charge in [0.25, 0.3) is 5.91 Å². The third-order valence-corrected chi connectivity index (χ3v) is 4.22. The van der Waals surface area contributed by atoms with Crippen LogP contribution in [-0.2, 0) is 4.79 Å². The number of aliphatic imine (C=N–C) groups is 1. The largest absolute Gasteiger partial charge is 0.465 e. The molecule has 1 fully saturated rings. The molecule has 3 heterocycles. The van der Waals surface area contributed by atoms with Gasteiger partial charge in [0.1, 0.15) is 5.76 Å². The molecule has 1 N–H and O–H groups in total. The fourth-order valence-electron chi connectivity index (χ4n) is 2.18. The number of carbonyl (C=O) groups is 1. The standard InChI is InChI=1S/C17H12N2O4S/c20-16-15(5-1-3-12-4-2-8-21-12)24-17(19-16)18-11-6-7-13-14(9-11)23-10-22-13/h1-9H,10H2,(H,18,19,20)/b3-1+,15-5+. The van der Waals surface area contributed by atoms with Gasteiger partial charge in [-0.15, -0.1) is 0 Å². The molecule has 24 heavy (non-hydrogen) atoms. The van der Waals surface area contributed by atoms with Crippen molar-refractivity contribution in [3.05, 3.63) is 59.4 Å². The zero-order valence-electron chi connectivity index (χ0n) is 12.4. The van der Waals surface area contributed by atoms with Gasteiger partial charge in [0.15, 0.2) is 16.7 Å². The van der Waals surface area contributed by atoms with E-state index in [1.165, 1.54) is 11.8 Å². The first-order chi connectivity index (χ1) is 11.8. The summed E-state index contributed by atoms with van der Waals surface area (Å²) >= 11 is 1.28. The predicted octanol–water partition coefficient (Wildman–Crippen LogP) is 3.46. The van der Waals surface area contributed by atoms with Crippen LogP contribution in [0.5, 0.6) is 11.5 Å². The number of ether oxygens (including phenoxy) is 2. The van der Waals surface area contributed by atoms with Gasteiger partial charge < -0.3 is 19.2 Å². The fourth-order valence-corrected chi connectivity index (χ4v) is 2.98. The highest BCUT2D eigenvalue weighted by Gasteiger charge is 2.23. The number of hydrogen-bond acceptors (Lipinski definition) is 6. The predicted molar refractivity (Wildman–Crippen MR) is 91.2 cm³/mol. The maximum absolute atomic E-state index is 12.0. The second-order valence-corrected chi connectivity index (χ2v) is 5.95. The lowest BCUT2D eigenvalue weighted by Crippen LogP contribution is -2.19. The number of hydrogen-bond donors (Lipinski definition) is 1. The fraction of sp³-hybridized carbons (Fsp3) is 0.0588. The van der Waals surface area contributed by atoms with E-state index in [4.69, 9.17) is 13.9 Å². The third kappa shape index (κ3) is 3.07. The van der Waals surface area contributed by atoms with E-state index in [0.29, 0.717) is 27.3 Å². The maximum atomic E-state index is 12.0. The lowest BCUT2D eigenvalue weighted by atomic mass is 10.3. The Kier molecular flexibility index (Phi) is 3.84. The van der Waals surface area contributed by atoms with Crippen LogP contribution in [0.15, 0.2) is 63.1 Å². The van der Waals surface area contributed by atoms with Gasteiger partial charge in [0.05, 0.1) is 16.9 Å². The molecule has 0 saturated carbocycles. The van der Waals surface area contributed by atoms with E-state index in [2.05, 4.69) is 10.3 Å². The van der Waals surface area contributed by atoms with Crippen molar-refractivity contribution in [2.75, 3.05) is 6.79 Å². The highest BCUT2D eigenvalue weighted by atomic mass is 32.2. The van der Waals surface area contributed by atoms with Crippen molar-refractivity contribution in [1.29, 1.82) is 0 Å². The average molecular weight is 340 g/mol. The molecule has 0 atom stereocenters. The van der Waals surface area contributed by atoms with Crippen molar-refractivity contribution < 1.29 is 18.7 Å². The third-order valence-electron chi connectivity index (χ3n) is 3.29. The number of amidine groups is 1. The molecule has 4 rings (SSSR count). The zero-order valence-corrected chi connectivity index (χ0v) is 13.2. The number of allylic oxidation sites excluding steroid dienone is 2. The molecule has 120 valence electrons. The van der Waals surface area contributed by atoms with Crippen LogP contribution >= 0.6 is 11.8 Å². The van der Waals surface area contributed by atoms with Crippen molar-refractivity contribution in [3.8, 4) is 11.5 Å². The van der Waals surface area contributed by atoms with Crippen molar-refractivity contribution in [3.63, 3.8) is 0 Å². The molecular formula is C17H12N2O4S. The van der Waals surface area contributed by atoms with Crippen LogP contribution in [0.3, 0.4) is 0 Å². The molecule has 1 aromatic heterocycles. The summed E-state index contributed by atoms with van der Waals surface area (Å²) in [6.45, 7) is 0.218. The summed E-state index contributed by atoms with van der Waals surface area (Å²) in [6, 6.07) is 9.03. The van der Waals surface area contributed by atoms with Gasteiger partial charge in [-0.05, 0) is 48.2 Å². The Morgan fingerprint density at radius 3 is 3.00 bits per heavy atom. The number of thioether (sulfide) groups is 1. The number of furan rings is 1. The molecule has 1 amide bonds. The van der Waals surface area contributed by atoms with E-state index in [0.717, 1.165) is 5.76 Å². The Balaban J connectivity index is 1.49. The number of carbonyl (C=O) groups excluding carboxylic acids is 1. The average Bonchev–Trinajstić information content (AvgIpc) is 3.29. The minimum atomic E-state index is -0.177. The van der Waals surface area contributed by atoms with Gasteiger partial charge in [-0.25, -0.2) is 4.99 Å². The van der Waals surface area contributed by atoms with Crippen LogP contribution in [0, 0.1) is 0 Å². The summed E-state index contributed by atoms with van der Waals surface area (Å²) in [7, 11) is 0. The summed E-state index contributed by atoms with van der Waals surface area (Å²) in [6.07, 6.45) is 6.88. The number of benzene rings is 1. The van der Waals surface area contributed by atoms with Crippen LogP contribution in [-0.4, -0.2) is 17.9 Å². The van der Waals surface area contributed by atoms with Crippen LogP contribution in [0.1, 0.15) is 5.76 Å². The summed E-state index contributed by atoms with van der Waals surface area (Å²) < 4.78 is 15.8. The molecule has 0 unspecified atom stereocenters. The molecule has 7 heteroatoms. The summed E-state index contributed by atoms with van der Waals surface area (Å²) in [5.41, 5.74) is 0.689. The quantitative estimate of drug-likeness (QED) is 0.866. The molecule has 2 aliphatic rings. The molecule has 2 aromatic rings. The van der Waals surface area contributed by atoms with Crippen molar-refractivity contribution in [1.82, 2.24) is 5.32 Å². The molecule has 1 aromatic carbocycles. The second-order valence-electron chi connectivity index (χ2n) is 4.92. The van der Waals surface area contributed by atoms with E-state index in [9.17, 15) is 4.79 Å². The van der Waals surface area contributed by atoms with Crippen molar-refractivity contribution in [2.45, 2.75) is 0 Å². The van der Waals surface area contributed by atoms with E-state index in [-0.39, 0.29) is 12.7 Å². The Morgan fingerprint density at radius 2 is 2.12 bits per heavy atom. The summed E-state index contributed by atoms with van der Waals surface area (Å²) in [5, 5.41) is 3.26. The molecule has 0 aliphatic carbocycles. The molecule has 1 saturated heterocycles. The number of nitrogens with zero attached hydrogens (tertiary/aromatic N) is 1. The number of amides is 1. The SMILES string of the molecule is O=C1NC(=Nc2ccc3c(c2)OCO3)S/C1=C/C=C/c1ccco1. The number of rotatable bonds is 3. The van der Waals surface area contributed by atoms with Gasteiger partial charge in [-0.3, -0.25) is 4.79 Å². The minimum absolute atomic E-state index is 0.177. The Labute approximate surface area is 141 Å². The Bertz CT molecular complexity index is 869. The lowest BCUT2D eigenvalue weighted by molar-refractivity contribution is -0.115. The first kappa shape index (κ1) is 14.6. The van der Waals surface area contributed by atoms with Gasteiger partial charge in [-0.1, -0.05) is 6.08 Å². The first-order valence-electron chi connectivity index (χ1n) is 7.17. The first-order valence-corrected chi connectivity index (χ1v) is 7.99. The van der Waals surface area contributed by atoms with E-state index in [1.807, 2.05) is 12.1 Å². The lowest BCUT2D eigenvalue weighted by Gasteiger charge is -1.98. The monoisotopic (exact) mass is 340 g/mol. The smallest absolute Gasteiger partial charge is 0.264 e. The van der Waals surface area contributed by atoms with Crippen molar-refractivity contribution in [2.24, 2.45) is 4.99 Å². The van der Waals surface area contributed by atoms with Gasteiger partial charge in [-0.2, -0.15) is 0 Å². The topological polar surface area (TPSA) is 73.1 Å². The Morgan fingerprint density at radius 1 is 1.21 bits per heavy atom.